The van der Waals surface area contributed by atoms with Crippen molar-refractivity contribution in [3.05, 3.63) is 62.5 Å². The summed E-state index contributed by atoms with van der Waals surface area (Å²) in [6.07, 6.45) is 1.12. The fourth-order valence-corrected chi connectivity index (χ4v) is 1.74. The third-order valence-electron chi connectivity index (χ3n) is 2.19. The first-order valence-corrected chi connectivity index (χ1v) is 5.85. The molecular formula is C12H6BrN3O3. The molecule has 0 aliphatic rings. The monoisotopic (exact) mass is 319 g/mol. The molecular weight excluding hydrogens is 314 g/mol. The lowest BCUT2D eigenvalue weighted by atomic mass is 10.3. The van der Waals surface area contributed by atoms with Gasteiger partial charge in [-0.1, -0.05) is 6.07 Å². The lowest BCUT2D eigenvalue weighted by Crippen LogP contribution is -1.91. The van der Waals surface area contributed by atoms with Gasteiger partial charge in [0.2, 0.25) is 5.88 Å². The van der Waals surface area contributed by atoms with E-state index in [1.807, 2.05) is 0 Å². The van der Waals surface area contributed by atoms with Crippen molar-refractivity contribution >= 4 is 27.3 Å². The number of ether oxygens (including phenoxy) is 1. The van der Waals surface area contributed by atoms with Crippen LogP contribution in [0.2, 0.25) is 0 Å². The molecule has 0 N–H and O–H groups in total. The second-order valence-corrected chi connectivity index (χ2v) is 4.29. The maximum Gasteiger partial charge on any atom is 0.287 e. The molecule has 1 heterocycles. The number of rotatable bonds is 3. The van der Waals surface area contributed by atoms with Crippen LogP contribution in [0, 0.1) is 16.7 Å². The molecule has 6 nitrogen and oxygen atoms in total. The van der Waals surface area contributed by atoms with E-state index in [4.69, 9.17) is 11.3 Å². The minimum Gasteiger partial charge on any atom is -0.438 e. The van der Waals surface area contributed by atoms with Crippen molar-refractivity contribution < 1.29 is 9.66 Å². The van der Waals surface area contributed by atoms with Gasteiger partial charge in [-0.15, -0.1) is 0 Å². The van der Waals surface area contributed by atoms with Crippen LogP contribution in [0.25, 0.3) is 4.85 Å². The van der Waals surface area contributed by atoms with Gasteiger partial charge < -0.3 is 4.74 Å². The van der Waals surface area contributed by atoms with Crippen LogP contribution in [0.5, 0.6) is 11.6 Å². The fourth-order valence-electron chi connectivity index (χ4n) is 1.30. The van der Waals surface area contributed by atoms with E-state index in [1.54, 1.807) is 18.2 Å². The Morgan fingerprint density at radius 3 is 2.68 bits per heavy atom. The Hall–Kier alpha value is -2.46. The highest BCUT2D eigenvalue weighted by atomic mass is 79.9. The zero-order valence-electron chi connectivity index (χ0n) is 9.41. The molecule has 0 atom stereocenters. The molecule has 0 spiro atoms. The van der Waals surface area contributed by atoms with Gasteiger partial charge in [-0.2, -0.15) is 0 Å². The minimum absolute atomic E-state index is 0.102. The van der Waals surface area contributed by atoms with Gasteiger partial charge in [0.15, 0.2) is 5.69 Å². The van der Waals surface area contributed by atoms with Gasteiger partial charge in [-0.05, 0) is 28.1 Å². The molecule has 0 aliphatic carbocycles. The summed E-state index contributed by atoms with van der Waals surface area (Å²) in [7, 11) is 0. The summed E-state index contributed by atoms with van der Waals surface area (Å²) in [5.41, 5.74) is 0.380. The summed E-state index contributed by atoms with van der Waals surface area (Å²) < 4.78 is 6.07. The Morgan fingerprint density at radius 2 is 2.16 bits per heavy atom. The smallest absolute Gasteiger partial charge is 0.287 e. The lowest BCUT2D eigenvalue weighted by molar-refractivity contribution is -0.385. The first-order valence-electron chi connectivity index (χ1n) is 5.05. The standard InChI is InChI=1S/C12H6BrN3O3/c1-14-8-2-4-11(10(13)6-8)19-12-5-3-9(7-15-12)16(17)18/h2-7H. The average molecular weight is 320 g/mol. The highest BCUT2D eigenvalue weighted by Gasteiger charge is 2.08. The Kier molecular flexibility index (Phi) is 3.73. The van der Waals surface area contributed by atoms with E-state index in [-0.39, 0.29) is 11.6 Å². The lowest BCUT2D eigenvalue weighted by Gasteiger charge is -2.06. The predicted octanol–water partition coefficient (Wildman–Crippen LogP) is 4.10. The highest BCUT2D eigenvalue weighted by Crippen LogP contribution is 2.32. The van der Waals surface area contributed by atoms with Gasteiger partial charge in [-0.25, -0.2) is 9.83 Å². The number of aromatic nitrogens is 1. The second-order valence-electron chi connectivity index (χ2n) is 3.44. The van der Waals surface area contributed by atoms with Crippen LogP contribution in [0.3, 0.4) is 0 Å². The van der Waals surface area contributed by atoms with Gasteiger partial charge in [-0.3, -0.25) is 10.1 Å². The Bertz CT molecular complexity index is 665. The number of nitro groups is 1. The van der Waals surface area contributed by atoms with E-state index < -0.39 is 4.92 Å². The predicted molar refractivity (Wildman–Crippen MR) is 71.4 cm³/mol. The van der Waals surface area contributed by atoms with Crippen LogP contribution in [-0.2, 0) is 0 Å². The summed E-state index contributed by atoms with van der Waals surface area (Å²) in [5, 5.41) is 10.5. The van der Waals surface area contributed by atoms with Crippen molar-refractivity contribution in [1.82, 2.24) is 4.98 Å². The van der Waals surface area contributed by atoms with E-state index in [0.717, 1.165) is 6.20 Å². The number of hydrogen-bond acceptors (Lipinski definition) is 4. The van der Waals surface area contributed by atoms with Crippen molar-refractivity contribution in [2.45, 2.75) is 0 Å². The number of hydrogen-bond donors (Lipinski definition) is 0. The van der Waals surface area contributed by atoms with Crippen molar-refractivity contribution in [2.24, 2.45) is 0 Å². The zero-order chi connectivity index (χ0) is 13.8. The molecule has 1 aromatic heterocycles. The molecule has 0 fully saturated rings. The van der Waals surface area contributed by atoms with E-state index in [1.165, 1.54) is 12.1 Å². The Balaban J connectivity index is 2.22. The van der Waals surface area contributed by atoms with Gasteiger partial charge in [0.1, 0.15) is 11.9 Å². The molecule has 0 bridgehead atoms. The number of pyridine rings is 1. The molecule has 0 saturated carbocycles. The number of nitrogens with zero attached hydrogens (tertiary/aromatic N) is 3. The average Bonchev–Trinajstić information content (AvgIpc) is 2.41. The first kappa shape index (κ1) is 13.0. The molecule has 0 amide bonds. The van der Waals surface area contributed by atoms with E-state index in [0.29, 0.717) is 15.9 Å². The molecule has 0 saturated heterocycles. The van der Waals surface area contributed by atoms with Crippen molar-refractivity contribution in [3.8, 4) is 11.6 Å². The van der Waals surface area contributed by atoms with Crippen molar-refractivity contribution in [1.29, 1.82) is 0 Å². The van der Waals surface area contributed by atoms with Crippen LogP contribution in [0.1, 0.15) is 0 Å². The molecule has 19 heavy (non-hydrogen) atoms. The highest BCUT2D eigenvalue weighted by molar-refractivity contribution is 9.10. The zero-order valence-corrected chi connectivity index (χ0v) is 11.0. The third-order valence-corrected chi connectivity index (χ3v) is 2.81. The molecule has 1 aromatic carbocycles. The summed E-state index contributed by atoms with van der Waals surface area (Å²) in [4.78, 5) is 17.1. The van der Waals surface area contributed by atoms with Crippen molar-refractivity contribution in [2.75, 3.05) is 0 Å². The van der Waals surface area contributed by atoms with Crippen LogP contribution < -0.4 is 4.74 Å². The topological polar surface area (TPSA) is 69.6 Å². The van der Waals surface area contributed by atoms with Gasteiger partial charge in [0.05, 0.1) is 11.5 Å². The Labute approximate surface area is 116 Å². The summed E-state index contributed by atoms with van der Waals surface area (Å²) in [6.45, 7) is 6.88. The molecule has 0 unspecified atom stereocenters. The SMILES string of the molecule is [C-]#[N+]c1ccc(Oc2ccc([N+](=O)[O-])cn2)c(Br)c1. The van der Waals surface area contributed by atoms with Gasteiger partial charge in [0.25, 0.3) is 5.69 Å². The molecule has 94 valence electrons. The minimum atomic E-state index is -0.531. The van der Waals surface area contributed by atoms with Crippen LogP contribution >= 0.6 is 15.9 Å². The molecule has 7 heteroatoms. The largest absolute Gasteiger partial charge is 0.438 e. The van der Waals surface area contributed by atoms with Crippen molar-refractivity contribution in [3.63, 3.8) is 0 Å². The van der Waals surface area contributed by atoms with E-state index in [9.17, 15) is 10.1 Å². The quantitative estimate of drug-likeness (QED) is 0.485. The third kappa shape index (κ3) is 3.05. The van der Waals surface area contributed by atoms with Crippen LogP contribution in [-0.4, -0.2) is 9.91 Å². The normalized spacial score (nSPS) is 9.68. The fraction of sp³-hybridized carbons (Fsp3) is 0. The maximum atomic E-state index is 10.5. The summed E-state index contributed by atoms with van der Waals surface area (Å²) >= 11 is 3.28. The van der Waals surface area contributed by atoms with Crippen LogP contribution in [0.4, 0.5) is 11.4 Å². The van der Waals surface area contributed by atoms with E-state index in [2.05, 4.69) is 25.8 Å². The Morgan fingerprint density at radius 1 is 1.37 bits per heavy atom. The van der Waals surface area contributed by atoms with Crippen LogP contribution in [0.15, 0.2) is 41.0 Å². The number of halogens is 1. The first-order chi connectivity index (χ1) is 9.10. The van der Waals surface area contributed by atoms with Gasteiger partial charge >= 0.3 is 0 Å². The molecule has 0 radical (unpaired) electrons. The molecule has 2 rings (SSSR count). The summed E-state index contributed by atoms with van der Waals surface area (Å²) in [6, 6.07) is 7.57. The second kappa shape index (κ2) is 5.46. The van der Waals surface area contributed by atoms with Gasteiger partial charge in [0, 0.05) is 16.6 Å². The molecule has 2 aromatic rings. The summed E-state index contributed by atoms with van der Waals surface area (Å²) in [5.74, 6) is 0.718. The molecule has 0 aliphatic heterocycles. The maximum absolute atomic E-state index is 10.5. The number of benzene rings is 1. The van der Waals surface area contributed by atoms with E-state index >= 15 is 0 Å².